The molecule has 1 aromatic heterocycles. The number of unbranched alkanes of at least 4 members (excludes halogenated alkanes) is 3. The quantitative estimate of drug-likeness (QED) is 0.299. The number of anilines is 1. The Kier molecular flexibility index (Phi) is 7.73. The third-order valence-electron chi connectivity index (χ3n) is 6.30. The molecular weight excluding hydrogens is 422 g/mol. The Morgan fingerprint density at radius 2 is 1.53 bits per heavy atom. The molecule has 2 aromatic carbocycles. The Labute approximate surface area is 202 Å². The van der Waals surface area contributed by atoms with E-state index in [0.29, 0.717) is 0 Å². The van der Waals surface area contributed by atoms with E-state index in [1.54, 1.807) is 6.08 Å². The molecule has 4 rings (SSSR count). The second-order valence-electron chi connectivity index (χ2n) is 9.10. The zero-order valence-electron chi connectivity index (χ0n) is 20.1. The largest absolute Gasteiger partial charge is 0.478 e. The second kappa shape index (κ2) is 11.1. The van der Waals surface area contributed by atoms with Crippen LogP contribution < -0.4 is 4.90 Å². The molecule has 0 unspecified atom stereocenters. The van der Waals surface area contributed by atoms with Crippen molar-refractivity contribution in [3.63, 3.8) is 0 Å². The zero-order chi connectivity index (χ0) is 23.9. The number of aliphatic carboxylic acids is 1. The summed E-state index contributed by atoms with van der Waals surface area (Å²) < 4.78 is 0. The van der Waals surface area contributed by atoms with Crippen molar-refractivity contribution in [3.05, 3.63) is 77.5 Å². The Balaban J connectivity index is 1.59. The Morgan fingerprint density at radius 1 is 0.912 bits per heavy atom. The molecule has 1 aliphatic rings. The maximum atomic E-state index is 10.6. The molecule has 0 aliphatic carbocycles. The summed E-state index contributed by atoms with van der Waals surface area (Å²) in [5.74, 6) is 0.140. The van der Waals surface area contributed by atoms with E-state index in [1.807, 2.05) is 0 Å². The lowest BCUT2D eigenvalue weighted by Gasteiger charge is -2.30. The van der Waals surface area contributed by atoms with Crippen LogP contribution in [-0.4, -0.2) is 34.1 Å². The molecule has 3 aromatic rings. The molecule has 2 heterocycles. The van der Waals surface area contributed by atoms with Crippen molar-refractivity contribution in [2.75, 3.05) is 18.0 Å². The zero-order valence-corrected chi connectivity index (χ0v) is 20.1. The number of aryl methyl sites for hydroxylation is 3. The van der Waals surface area contributed by atoms with E-state index in [1.165, 1.54) is 17.2 Å². The summed E-state index contributed by atoms with van der Waals surface area (Å²) in [6.07, 6.45) is 8.93. The van der Waals surface area contributed by atoms with Gasteiger partial charge in [0.25, 0.3) is 0 Å². The van der Waals surface area contributed by atoms with Crippen molar-refractivity contribution in [2.45, 2.75) is 52.4 Å². The second-order valence-corrected chi connectivity index (χ2v) is 9.10. The van der Waals surface area contributed by atoms with Crippen molar-refractivity contribution >= 4 is 11.8 Å². The first-order valence-electron chi connectivity index (χ1n) is 12.2. The van der Waals surface area contributed by atoms with E-state index in [0.717, 1.165) is 85.6 Å². The maximum Gasteiger partial charge on any atom is 0.327 e. The number of carboxylic acid groups (broad SMARTS) is 1. The van der Waals surface area contributed by atoms with Crippen LogP contribution in [0.2, 0.25) is 0 Å². The molecule has 1 aliphatic heterocycles. The maximum absolute atomic E-state index is 10.6. The van der Waals surface area contributed by atoms with Crippen LogP contribution >= 0.6 is 0 Å². The summed E-state index contributed by atoms with van der Waals surface area (Å²) in [5.41, 5.74) is 7.63. The number of rotatable bonds is 9. The Bertz CT molecular complexity index is 1150. The topological polar surface area (TPSA) is 66.3 Å². The van der Waals surface area contributed by atoms with E-state index < -0.39 is 5.97 Å². The number of benzene rings is 2. The number of allylic oxidation sites excluding steroid dienone is 1. The predicted molar refractivity (Wildman–Crippen MR) is 138 cm³/mol. The van der Waals surface area contributed by atoms with Gasteiger partial charge in [0, 0.05) is 30.3 Å². The normalized spacial score (nSPS) is 13.3. The minimum Gasteiger partial charge on any atom is -0.478 e. The van der Waals surface area contributed by atoms with E-state index in [2.05, 4.69) is 67.3 Å². The fraction of sp³-hybridized carbons (Fsp3) is 0.345. The van der Waals surface area contributed by atoms with Crippen molar-refractivity contribution in [1.29, 1.82) is 0 Å². The van der Waals surface area contributed by atoms with Crippen molar-refractivity contribution in [1.82, 2.24) is 9.97 Å². The van der Waals surface area contributed by atoms with Gasteiger partial charge in [-0.1, -0.05) is 72.2 Å². The molecule has 0 radical (unpaired) electrons. The summed E-state index contributed by atoms with van der Waals surface area (Å²) in [5, 5.41) is 8.70. The van der Waals surface area contributed by atoms with Crippen LogP contribution in [0.1, 0.15) is 48.9 Å². The third kappa shape index (κ3) is 5.90. The van der Waals surface area contributed by atoms with Gasteiger partial charge in [-0.15, -0.1) is 0 Å². The lowest BCUT2D eigenvalue weighted by atomic mass is 10.0. The van der Waals surface area contributed by atoms with Gasteiger partial charge in [0.1, 0.15) is 0 Å². The Morgan fingerprint density at radius 3 is 2.15 bits per heavy atom. The number of fused-ring (bicyclic) bond motifs is 1. The monoisotopic (exact) mass is 455 g/mol. The van der Waals surface area contributed by atoms with Gasteiger partial charge in [0.2, 0.25) is 0 Å². The van der Waals surface area contributed by atoms with Crippen molar-refractivity contribution in [3.8, 4) is 22.5 Å². The highest BCUT2D eigenvalue weighted by Gasteiger charge is 2.23. The standard InChI is InChI=1S/C29H33N3O2/c1-21-11-15-23(16-12-21)27-28(24-17-13-22(2)14-18-24)31-29-25(30-27)9-8-20-32(29)19-7-5-3-4-6-10-26(33)34/h6,10-18H,3-5,7-9,19-20H2,1-2H3,(H,33,34). The summed E-state index contributed by atoms with van der Waals surface area (Å²) >= 11 is 0. The highest BCUT2D eigenvalue weighted by atomic mass is 16.4. The molecule has 0 spiro atoms. The molecule has 5 heteroatoms. The van der Waals surface area contributed by atoms with Crippen LogP contribution in [0.5, 0.6) is 0 Å². The van der Waals surface area contributed by atoms with E-state index in [-0.39, 0.29) is 0 Å². The minimum absolute atomic E-state index is 0.806. The van der Waals surface area contributed by atoms with Crippen LogP contribution in [0.25, 0.3) is 22.5 Å². The summed E-state index contributed by atoms with van der Waals surface area (Å²) in [6, 6.07) is 17.1. The number of nitrogens with zero attached hydrogens (tertiary/aromatic N) is 3. The molecule has 176 valence electrons. The third-order valence-corrected chi connectivity index (χ3v) is 6.30. The Hall–Kier alpha value is -3.47. The van der Waals surface area contributed by atoms with Gasteiger partial charge in [0.15, 0.2) is 5.82 Å². The fourth-order valence-corrected chi connectivity index (χ4v) is 4.39. The van der Waals surface area contributed by atoms with Gasteiger partial charge in [0.05, 0.1) is 17.1 Å². The highest BCUT2D eigenvalue weighted by Crippen LogP contribution is 2.35. The van der Waals surface area contributed by atoms with Crippen LogP contribution in [0, 0.1) is 13.8 Å². The molecule has 34 heavy (non-hydrogen) atoms. The van der Waals surface area contributed by atoms with Crippen molar-refractivity contribution in [2.24, 2.45) is 0 Å². The van der Waals surface area contributed by atoms with Crippen LogP contribution in [0.15, 0.2) is 60.7 Å². The number of carboxylic acids is 1. The fourth-order valence-electron chi connectivity index (χ4n) is 4.39. The smallest absolute Gasteiger partial charge is 0.327 e. The summed E-state index contributed by atoms with van der Waals surface area (Å²) in [7, 11) is 0. The first-order chi connectivity index (χ1) is 16.5. The van der Waals surface area contributed by atoms with Gasteiger partial charge in [-0.2, -0.15) is 0 Å². The number of carbonyl (C=O) groups is 1. The SMILES string of the molecule is Cc1ccc(-c2nc3c(nc2-c2ccc(C)cc2)N(CCCCCC=CC(=O)O)CCC3)cc1. The lowest BCUT2D eigenvalue weighted by Crippen LogP contribution is -2.32. The molecule has 5 nitrogen and oxygen atoms in total. The van der Waals surface area contributed by atoms with Gasteiger partial charge < -0.3 is 10.0 Å². The average molecular weight is 456 g/mol. The minimum atomic E-state index is -0.877. The molecule has 0 atom stereocenters. The number of hydrogen-bond donors (Lipinski definition) is 1. The van der Waals surface area contributed by atoms with E-state index in [4.69, 9.17) is 15.1 Å². The molecule has 0 amide bonds. The van der Waals surface area contributed by atoms with Gasteiger partial charge in [-0.25, -0.2) is 14.8 Å². The van der Waals surface area contributed by atoms with Crippen molar-refractivity contribution < 1.29 is 9.90 Å². The number of hydrogen-bond acceptors (Lipinski definition) is 4. The molecular formula is C29H33N3O2. The average Bonchev–Trinajstić information content (AvgIpc) is 2.83. The van der Waals surface area contributed by atoms with E-state index in [9.17, 15) is 4.79 Å². The van der Waals surface area contributed by atoms with Crippen LogP contribution in [0.3, 0.4) is 0 Å². The molecule has 1 N–H and O–H groups in total. The first-order valence-corrected chi connectivity index (χ1v) is 12.2. The molecule has 0 saturated heterocycles. The highest BCUT2D eigenvalue weighted by molar-refractivity contribution is 5.80. The summed E-state index contributed by atoms with van der Waals surface area (Å²) in [6.45, 7) is 6.14. The van der Waals surface area contributed by atoms with Gasteiger partial charge in [-0.05, 0) is 46.0 Å². The van der Waals surface area contributed by atoms with Crippen LogP contribution in [0.4, 0.5) is 5.82 Å². The molecule has 0 saturated carbocycles. The predicted octanol–water partition coefficient (Wildman–Crippen LogP) is 6.38. The number of aromatic nitrogens is 2. The first kappa shape index (κ1) is 23.7. The van der Waals surface area contributed by atoms with E-state index >= 15 is 0 Å². The molecule has 0 fully saturated rings. The van der Waals surface area contributed by atoms with Gasteiger partial charge >= 0.3 is 5.97 Å². The summed E-state index contributed by atoms with van der Waals surface area (Å²) in [4.78, 5) is 23.4. The van der Waals surface area contributed by atoms with Gasteiger partial charge in [-0.3, -0.25) is 0 Å². The van der Waals surface area contributed by atoms with Crippen LogP contribution in [-0.2, 0) is 11.2 Å². The molecule has 0 bridgehead atoms. The lowest BCUT2D eigenvalue weighted by molar-refractivity contribution is -0.131.